The number of phenolic OH excluding ortho intramolecular Hbond substituents is 1. The molecule has 3 aromatic carbocycles. The van der Waals surface area contributed by atoms with E-state index in [2.05, 4.69) is 15.8 Å². The van der Waals surface area contributed by atoms with Crippen molar-refractivity contribution in [2.45, 2.75) is 0 Å². The lowest BCUT2D eigenvalue weighted by Gasteiger charge is -2.11. The second kappa shape index (κ2) is 9.71. The van der Waals surface area contributed by atoms with Gasteiger partial charge in [0.1, 0.15) is 11.5 Å². The van der Waals surface area contributed by atoms with Crippen LogP contribution in [-0.4, -0.2) is 24.3 Å². The maximum atomic E-state index is 12.1. The van der Waals surface area contributed by atoms with E-state index in [4.69, 9.17) is 39.5 Å². The molecule has 0 bridgehead atoms. The molecular weight excluding hydrogens is 449 g/mol. The maximum Gasteiger partial charge on any atom is 0.271 e. The van der Waals surface area contributed by atoms with E-state index in [1.54, 1.807) is 30.3 Å². The zero-order valence-electron chi connectivity index (χ0n) is 15.6. The summed E-state index contributed by atoms with van der Waals surface area (Å²) in [5, 5.41) is 17.7. The fourth-order valence-corrected chi connectivity index (χ4v) is 3.27. The van der Waals surface area contributed by atoms with Gasteiger partial charge >= 0.3 is 0 Å². The van der Waals surface area contributed by atoms with E-state index in [9.17, 15) is 9.90 Å². The molecule has 1 amide bonds. The quantitative estimate of drug-likeness (QED) is 0.315. The number of nitrogens with one attached hydrogen (secondary N) is 2. The molecule has 0 aliphatic heterocycles. The molecular formula is C21H16Cl3N3O3. The fourth-order valence-electron chi connectivity index (χ4n) is 2.56. The highest BCUT2D eigenvalue weighted by Gasteiger charge is 2.08. The predicted octanol–water partition coefficient (Wildman–Crippen LogP) is 5.87. The molecule has 3 rings (SSSR count). The van der Waals surface area contributed by atoms with Crippen LogP contribution in [0.4, 0.5) is 11.4 Å². The summed E-state index contributed by atoms with van der Waals surface area (Å²) in [5.41, 5.74) is 4.80. The standard InChI is InChI=1S/C21H16Cl3N3O3/c1-30-20-10-16(26-17-8-14(22)7-15(23)9-17)4-2-13(20)11-25-27-21(29)12-3-5-19(28)18(24)6-12/h2-11,26,28H,1H3,(H,27,29)/b25-11+. The predicted molar refractivity (Wildman–Crippen MR) is 121 cm³/mol. The topological polar surface area (TPSA) is 83.0 Å². The number of phenols is 1. The lowest BCUT2D eigenvalue weighted by atomic mass is 10.2. The smallest absolute Gasteiger partial charge is 0.271 e. The Balaban J connectivity index is 1.71. The summed E-state index contributed by atoms with van der Waals surface area (Å²) in [6.45, 7) is 0. The van der Waals surface area contributed by atoms with Gasteiger partial charge in [-0.3, -0.25) is 4.79 Å². The van der Waals surface area contributed by atoms with E-state index in [1.807, 2.05) is 6.07 Å². The summed E-state index contributed by atoms with van der Waals surface area (Å²) in [5.74, 6) is -0.0303. The van der Waals surface area contributed by atoms with Crippen LogP contribution < -0.4 is 15.5 Å². The molecule has 0 aromatic heterocycles. The molecule has 0 fully saturated rings. The molecule has 0 aliphatic carbocycles. The van der Waals surface area contributed by atoms with Crippen molar-refractivity contribution < 1.29 is 14.6 Å². The number of rotatable bonds is 6. The first kappa shape index (κ1) is 21.8. The number of ether oxygens (including phenoxy) is 1. The van der Waals surface area contributed by atoms with E-state index in [1.165, 1.54) is 31.5 Å². The lowest BCUT2D eigenvalue weighted by molar-refractivity contribution is 0.0955. The Kier molecular flexibility index (Phi) is 7.05. The minimum atomic E-state index is -0.469. The minimum absolute atomic E-state index is 0.0809. The van der Waals surface area contributed by atoms with Crippen molar-refractivity contribution in [3.63, 3.8) is 0 Å². The van der Waals surface area contributed by atoms with Crippen molar-refractivity contribution in [1.29, 1.82) is 0 Å². The van der Waals surface area contributed by atoms with Crippen LogP contribution in [-0.2, 0) is 0 Å². The first-order chi connectivity index (χ1) is 14.4. The van der Waals surface area contributed by atoms with Crippen molar-refractivity contribution in [3.05, 3.63) is 80.8 Å². The van der Waals surface area contributed by atoms with Crippen molar-refractivity contribution in [1.82, 2.24) is 5.43 Å². The van der Waals surface area contributed by atoms with E-state index < -0.39 is 5.91 Å². The highest BCUT2D eigenvalue weighted by molar-refractivity contribution is 6.35. The number of amides is 1. The van der Waals surface area contributed by atoms with E-state index >= 15 is 0 Å². The summed E-state index contributed by atoms with van der Waals surface area (Å²) in [7, 11) is 1.53. The van der Waals surface area contributed by atoms with Gasteiger partial charge in [0.25, 0.3) is 5.91 Å². The normalized spacial score (nSPS) is 10.8. The van der Waals surface area contributed by atoms with Crippen molar-refractivity contribution in [3.8, 4) is 11.5 Å². The zero-order valence-corrected chi connectivity index (χ0v) is 17.9. The van der Waals surface area contributed by atoms with Crippen LogP contribution in [0.1, 0.15) is 15.9 Å². The van der Waals surface area contributed by atoms with Gasteiger partial charge in [-0.15, -0.1) is 0 Å². The number of anilines is 2. The molecule has 0 heterocycles. The molecule has 3 aromatic rings. The van der Waals surface area contributed by atoms with Crippen LogP contribution in [0, 0.1) is 0 Å². The van der Waals surface area contributed by atoms with Gasteiger partial charge in [0.2, 0.25) is 0 Å². The monoisotopic (exact) mass is 463 g/mol. The van der Waals surface area contributed by atoms with E-state index in [0.29, 0.717) is 21.4 Å². The van der Waals surface area contributed by atoms with Crippen LogP contribution in [0.5, 0.6) is 11.5 Å². The molecule has 30 heavy (non-hydrogen) atoms. The number of carbonyl (C=O) groups is 1. The number of benzene rings is 3. The summed E-state index contributed by atoms with van der Waals surface area (Å²) in [4.78, 5) is 12.1. The number of hydrogen-bond donors (Lipinski definition) is 3. The summed E-state index contributed by atoms with van der Waals surface area (Å²) >= 11 is 17.9. The Labute approximate surface area is 188 Å². The number of hydrogen-bond acceptors (Lipinski definition) is 5. The SMILES string of the molecule is COc1cc(Nc2cc(Cl)cc(Cl)c2)ccc1/C=N/NC(=O)c1ccc(O)c(Cl)c1. The molecule has 0 saturated heterocycles. The summed E-state index contributed by atoms with van der Waals surface area (Å²) in [6, 6.07) is 14.6. The third-order valence-corrected chi connectivity index (χ3v) is 4.70. The van der Waals surface area contributed by atoms with Gasteiger partial charge in [-0.25, -0.2) is 5.43 Å². The van der Waals surface area contributed by atoms with Crippen LogP contribution in [0.2, 0.25) is 15.1 Å². The van der Waals surface area contributed by atoms with Gasteiger partial charge in [-0.05, 0) is 48.5 Å². The molecule has 0 unspecified atom stereocenters. The zero-order chi connectivity index (χ0) is 21.7. The number of aromatic hydroxyl groups is 1. The van der Waals surface area contributed by atoms with Gasteiger partial charge in [0, 0.05) is 38.6 Å². The Morgan fingerprint density at radius 1 is 1.00 bits per heavy atom. The number of carbonyl (C=O) groups excluding carboxylic acids is 1. The molecule has 0 saturated carbocycles. The molecule has 0 atom stereocenters. The lowest BCUT2D eigenvalue weighted by Crippen LogP contribution is -2.17. The second-order valence-corrected chi connectivity index (χ2v) is 7.39. The van der Waals surface area contributed by atoms with Crippen LogP contribution in [0.3, 0.4) is 0 Å². The largest absolute Gasteiger partial charge is 0.506 e. The minimum Gasteiger partial charge on any atom is -0.506 e. The Bertz CT molecular complexity index is 1100. The van der Waals surface area contributed by atoms with Gasteiger partial charge in [0.05, 0.1) is 18.3 Å². The van der Waals surface area contributed by atoms with E-state index in [0.717, 1.165) is 11.4 Å². The van der Waals surface area contributed by atoms with Gasteiger partial charge < -0.3 is 15.2 Å². The Morgan fingerprint density at radius 2 is 1.73 bits per heavy atom. The van der Waals surface area contributed by atoms with Gasteiger partial charge in [0.15, 0.2) is 0 Å². The number of halogens is 3. The average molecular weight is 465 g/mol. The van der Waals surface area contributed by atoms with Crippen molar-refractivity contribution >= 4 is 58.3 Å². The fraction of sp³-hybridized carbons (Fsp3) is 0.0476. The van der Waals surface area contributed by atoms with Crippen molar-refractivity contribution in [2.75, 3.05) is 12.4 Å². The molecule has 0 radical (unpaired) electrons. The molecule has 0 spiro atoms. The molecule has 0 aliphatic rings. The summed E-state index contributed by atoms with van der Waals surface area (Å²) in [6.07, 6.45) is 1.46. The highest BCUT2D eigenvalue weighted by atomic mass is 35.5. The maximum absolute atomic E-state index is 12.1. The van der Waals surface area contributed by atoms with Gasteiger partial charge in [-0.2, -0.15) is 5.10 Å². The Hall–Kier alpha value is -2.93. The number of methoxy groups -OCH3 is 1. The average Bonchev–Trinajstić information content (AvgIpc) is 2.70. The van der Waals surface area contributed by atoms with Crippen molar-refractivity contribution in [2.24, 2.45) is 5.10 Å². The first-order valence-corrected chi connectivity index (χ1v) is 9.72. The molecule has 3 N–H and O–H groups in total. The third kappa shape index (κ3) is 5.57. The second-order valence-electron chi connectivity index (χ2n) is 6.11. The first-order valence-electron chi connectivity index (χ1n) is 8.59. The van der Waals surface area contributed by atoms with E-state index in [-0.39, 0.29) is 16.3 Å². The van der Waals surface area contributed by atoms with Gasteiger partial charge in [-0.1, -0.05) is 34.8 Å². The van der Waals surface area contributed by atoms with Crippen LogP contribution in [0.15, 0.2) is 59.7 Å². The molecule has 154 valence electrons. The highest BCUT2D eigenvalue weighted by Crippen LogP contribution is 2.28. The molecule has 6 nitrogen and oxygen atoms in total. The number of nitrogens with zero attached hydrogens (tertiary/aromatic N) is 1. The molecule has 9 heteroatoms. The Morgan fingerprint density at radius 3 is 2.40 bits per heavy atom. The third-order valence-electron chi connectivity index (χ3n) is 3.96. The number of hydrazone groups is 1. The summed E-state index contributed by atoms with van der Waals surface area (Å²) < 4.78 is 5.40. The van der Waals surface area contributed by atoms with Crippen LogP contribution >= 0.6 is 34.8 Å². The van der Waals surface area contributed by atoms with Crippen LogP contribution in [0.25, 0.3) is 0 Å².